The third kappa shape index (κ3) is 2.05. The minimum absolute atomic E-state index is 0.180. The maximum absolute atomic E-state index is 13.0. The average Bonchev–Trinajstić information content (AvgIpc) is 2.97. The summed E-state index contributed by atoms with van der Waals surface area (Å²) < 4.78 is 0.370. The summed E-state index contributed by atoms with van der Waals surface area (Å²) in [6, 6.07) is 0.391. The number of nitrogens with zero attached hydrogens (tertiary/aromatic N) is 1. The first-order valence-corrected chi connectivity index (χ1v) is 10.8. The number of hydrogen-bond acceptors (Lipinski definition) is 3. The lowest BCUT2D eigenvalue weighted by molar-refractivity contribution is -0.138. The summed E-state index contributed by atoms with van der Waals surface area (Å²) in [4.78, 5) is 15.4. The van der Waals surface area contributed by atoms with Crippen molar-refractivity contribution in [2.45, 2.75) is 67.5 Å². The molecule has 0 unspecified atom stereocenters. The molecular weight excluding hydrogens is 310 g/mol. The Morgan fingerprint density at radius 1 is 1.36 bits per heavy atom. The van der Waals surface area contributed by atoms with Gasteiger partial charge in [0.25, 0.3) is 0 Å². The van der Waals surface area contributed by atoms with Crippen molar-refractivity contribution >= 4 is 29.4 Å². The third-order valence-corrected chi connectivity index (χ3v) is 9.84. The van der Waals surface area contributed by atoms with Crippen LogP contribution in [0.3, 0.4) is 0 Å². The molecule has 4 rings (SSSR count). The van der Waals surface area contributed by atoms with E-state index >= 15 is 0 Å². The summed E-state index contributed by atoms with van der Waals surface area (Å²) in [6.45, 7) is 6.17. The molecule has 1 saturated carbocycles. The van der Waals surface area contributed by atoms with Gasteiger partial charge in [-0.25, -0.2) is 0 Å². The Morgan fingerprint density at radius 2 is 2.14 bits per heavy atom. The lowest BCUT2D eigenvalue weighted by Crippen LogP contribution is -2.61. The SMILES string of the molecule is C=CC[C@H]1CC2(C[C@@]34CCC[C@@H]3[C@@H](C)C(=O)N14)SCCCS2. The minimum Gasteiger partial charge on any atom is -0.333 e. The van der Waals surface area contributed by atoms with Crippen LogP contribution in [-0.4, -0.2) is 38.0 Å². The molecule has 0 aromatic heterocycles. The molecule has 0 aromatic carbocycles. The Bertz CT molecular complexity index is 487. The van der Waals surface area contributed by atoms with E-state index in [1.165, 1.54) is 50.0 Å². The first-order valence-electron chi connectivity index (χ1n) is 8.84. The quantitative estimate of drug-likeness (QED) is 0.700. The van der Waals surface area contributed by atoms with E-state index < -0.39 is 0 Å². The lowest BCUT2D eigenvalue weighted by Gasteiger charge is -2.56. The molecule has 2 nitrogen and oxygen atoms in total. The van der Waals surface area contributed by atoms with E-state index in [1.807, 2.05) is 6.08 Å². The van der Waals surface area contributed by atoms with Crippen LogP contribution >= 0.6 is 23.5 Å². The monoisotopic (exact) mass is 337 g/mol. The standard InChI is InChI=1S/C18H27NOS2/c1-3-6-14-11-18(21-9-5-10-22-18)12-17-8-4-7-15(17)13(2)16(20)19(14)17/h3,13-15H,1,4-12H2,2H3/t13-,14+,15-,17+/m1/s1. The number of amides is 1. The largest absolute Gasteiger partial charge is 0.333 e. The van der Waals surface area contributed by atoms with Gasteiger partial charge in [0.1, 0.15) is 0 Å². The van der Waals surface area contributed by atoms with Gasteiger partial charge < -0.3 is 4.90 Å². The van der Waals surface area contributed by atoms with E-state index in [0.717, 1.165) is 6.42 Å². The first-order chi connectivity index (χ1) is 10.6. The predicted octanol–water partition coefficient (Wildman–Crippen LogP) is 4.31. The summed E-state index contributed by atoms with van der Waals surface area (Å²) in [5.74, 6) is 3.89. The van der Waals surface area contributed by atoms with Gasteiger partial charge in [-0.2, -0.15) is 0 Å². The van der Waals surface area contributed by atoms with Crippen molar-refractivity contribution < 1.29 is 4.79 Å². The van der Waals surface area contributed by atoms with Gasteiger partial charge in [-0.15, -0.1) is 30.1 Å². The third-order valence-electron chi connectivity index (χ3n) is 6.47. The molecule has 0 N–H and O–H groups in total. The molecule has 22 heavy (non-hydrogen) atoms. The maximum Gasteiger partial charge on any atom is 0.226 e. The molecule has 4 fully saturated rings. The van der Waals surface area contributed by atoms with Crippen LogP contribution in [0.2, 0.25) is 0 Å². The van der Waals surface area contributed by atoms with Crippen molar-refractivity contribution in [3.8, 4) is 0 Å². The van der Waals surface area contributed by atoms with Crippen LogP contribution in [0.5, 0.6) is 0 Å². The fourth-order valence-electron chi connectivity index (χ4n) is 5.76. The molecule has 0 radical (unpaired) electrons. The number of thioether (sulfide) groups is 2. The molecule has 3 aliphatic heterocycles. The number of carbonyl (C=O) groups excluding carboxylic acids is 1. The Morgan fingerprint density at radius 3 is 2.86 bits per heavy atom. The molecule has 0 bridgehead atoms. The highest BCUT2D eigenvalue weighted by atomic mass is 32.2. The smallest absolute Gasteiger partial charge is 0.226 e. The van der Waals surface area contributed by atoms with E-state index in [4.69, 9.17) is 0 Å². The van der Waals surface area contributed by atoms with Gasteiger partial charge in [-0.05, 0) is 55.9 Å². The molecule has 3 saturated heterocycles. The van der Waals surface area contributed by atoms with E-state index in [1.54, 1.807) is 0 Å². The van der Waals surface area contributed by atoms with E-state index in [9.17, 15) is 4.79 Å². The van der Waals surface area contributed by atoms with E-state index in [-0.39, 0.29) is 11.5 Å². The van der Waals surface area contributed by atoms with Crippen molar-refractivity contribution in [2.75, 3.05) is 11.5 Å². The van der Waals surface area contributed by atoms with Crippen LogP contribution < -0.4 is 0 Å². The zero-order valence-corrected chi connectivity index (χ0v) is 15.2. The van der Waals surface area contributed by atoms with Crippen molar-refractivity contribution in [3.05, 3.63) is 12.7 Å². The van der Waals surface area contributed by atoms with Gasteiger partial charge in [0.05, 0.1) is 4.08 Å². The molecule has 0 aromatic rings. The van der Waals surface area contributed by atoms with Crippen LogP contribution in [-0.2, 0) is 4.79 Å². The molecule has 2 spiro atoms. The summed E-state index contributed by atoms with van der Waals surface area (Å²) in [7, 11) is 0. The van der Waals surface area contributed by atoms with Crippen molar-refractivity contribution in [3.63, 3.8) is 0 Å². The summed E-state index contributed by atoms with van der Waals surface area (Å²) in [5.41, 5.74) is 0.180. The number of piperidine rings is 1. The summed E-state index contributed by atoms with van der Waals surface area (Å²) in [5, 5.41) is 0. The average molecular weight is 338 g/mol. The molecule has 1 aliphatic carbocycles. The lowest BCUT2D eigenvalue weighted by atomic mass is 9.76. The highest BCUT2D eigenvalue weighted by Gasteiger charge is 2.65. The molecule has 4 heteroatoms. The highest BCUT2D eigenvalue weighted by molar-refractivity contribution is 8.18. The molecule has 4 aliphatic rings. The second kappa shape index (κ2) is 5.47. The Kier molecular flexibility index (Phi) is 3.84. The van der Waals surface area contributed by atoms with Gasteiger partial charge in [0.2, 0.25) is 5.91 Å². The normalized spacial score (nSPS) is 43.2. The van der Waals surface area contributed by atoms with Crippen molar-refractivity contribution in [2.24, 2.45) is 11.8 Å². The summed E-state index contributed by atoms with van der Waals surface area (Å²) >= 11 is 4.40. The fraction of sp³-hybridized carbons (Fsp3) is 0.833. The van der Waals surface area contributed by atoms with Crippen LogP contribution in [0, 0.1) is 11.8 Å². The number of hydrogen-bond donors (Lipinski definition) is 0. The van der Waals surface area contributed by atoms with Crippen LogP contribution in [0.1, 0.15) is 51.9 Å². The Hall–Kier alpha value is -0.0900. The van der Waals surface area contributed by atoms with Gasteiger partial charge >= 0.3 is 0 Å². The van der Waals surface area contributed by atoms with E-state index in [0.29, 0.717) is 21.9 Å². The highest BCUT2D eigenvalue weighted by Crippen LogP contribution is 2.63. The first kappa shape index (κ1) is 15.4. The zero-order chi connectivity index (χ0) is 15.4. The zero-order valence-electron chi connectivity index (χ0n) is 13.6. The van der Waals surface area contributed by atoms with E-state index in [2.05, 4.69) is 41.9 Å². The predicted molar refractivity (Wildman–Crippen MR) is 96.2 cm³/mol. The van der Waals surface area contributed by atoms with Crippen LogP contribution in [0.25, 0.3) is 0 Å². The number of rotatable bonds is 2. The Balaban J connectivity index is 1.75. The van der Waals surface area contributed by atoms with Crippen molar-refractivity contribution in [1.82, 2.24) is 4.90 Å². The summed E-state index contributed by atoms with van der Waals surface area (Å²) in [6.07, 6.45) is 10.6. The fourth-order valence-corrected chi connectivity index (χ4v) is 9.42. The maximum atomic E-state index is 13.0. The minimum atomic E-state index is 0.180. The molecule has 1 amide bonds. The van der Waals surface area contributed by atoms with Gasteiger partial charge in [0.15, 0.2) is 0 Å². The molecule has 4 atom stereocenters. The van der Waals surface area contributed by atoms with Gasteiger partial charge in [-0.3, -0.25) is 4.79 Å². The number of carbonyl (C=O) groups is 1. The topological polar surface area (TPSA) is 20.3 Å². The van der Waals surface area contributed by atoms with Gasteiger partial charge in [0, 0.05) is 17.5 Å². The Labute approximate surface area is 142 Å². The second-order valence-electron chi connectivity index (χ2n) is 7.62. The van der Waals surface area contributed by atoms with Crippen LogP contribution in [0.15, 0.2) is 12.7 Å². The molecular formula is C18H27NOS2. The molecule has 3 heterocycles. The van der Waals surface area contributed by atoms with Crippen LogP contribution in [0.4, 0.5) is 0 Å². The second-order valence-corrected chi connectivity index (χ2v) is 10.8. The van der Waals surface area contributed by atoms with Crippen molar-refractivity contribution in [1.29, 1.82) is 0 Å². The molecule has 122 valence electrons. The van der Waals surface area contributed by atoms with Gasteiger partial charge in [-0.1, -0.05) is 19.4 Å².